The molecule has 0 amide bonds. The predicted molar refractivity (Wildman–Crippen MR) is 91.9 cm³/mol. The molecule has 0 fully saturated rings. The van der Waals surface area contributed by atoms with Gasteiger partial charge in [-0.15, -0.1) is 0 Å². The molecule has 0 saturated heterocycles. The molecule has 2 aliphatic heterocycles. The van der Waals surface area contributed by atoms with E-state index in [1.54, 1.807) is 0 Å². The third-order valence-corrected chi connectivity index (χ3v) is 4.07. The monoisotopic (exact) mass is 308 g/mol. The topological polar surface area (TPSA) is 43.2 Å². The van der Waals surface area contributed by atoms with E-state index in [0.29, 0.717) is 0 Å². The first-order valence-corrected chi connectivity index (χ1v) is 8.79. The number of nitrogens with zero attached hydrogens (tertiary/aromatic N) is 2. The molecule has 0 aromatic heterocycles. The van der Waals surface area contributed by atoms with Crippen molar-refractivity contribution in [3.8, 4) is 0 Å². The van der Waals surface area contributed by atoms with Crippen molar-refractivity contribution in [1.29, 1.82) is 0 Å². The van der Waals surface area contributed by atoms with Crippen molar-refractivity contribution < 1.29 is 9.47 Å². The minimum absolute atomic E-state index is 0.00503. The van der Waals surface area contributed by atoms with Gasteiger partial charge in [0.1, 0.15) is 13.2 Å². The lowest BCUT2D eigenvalue weighted by molar-refractivity contribution is 0.272. The van der Waals surface area contributed by atoms with Gasteiger partial charge in [0, 0.05) is 12.8 Å². The molecule has 0 unspecified atom stereocenters. The Morgan fingerprint density at radius 1 is 0.682 bits per heavy atom. The molecule has 22 heavy (non-hydrogen) atoms. The highest BCUT2D eigenvalue weighted by Crippen LogP contribution is 2.21. The molecule has 0 saturated carbocycles. The van der Waals surface area contributed by atoms with E-state index in [2.05, 4.69) is 37.7 Å². The summed E-state index contributed by atoms with van der Waals surface area (Å²) in [6.45, 7) is 9.98. The minimum Gasteiger partial charge on any atom is -0.478 e. The SMILES string of the molecule is CC1(C)COC(CCCCCCCCC2=NC(C)(C)CO2)=N1. The smallest absolute Gasteiger partial charge is 0.183 e. The number of ether oxygens (including phenoxy) is 2. The second-order valence-corrected chi connectivity index (χ2v) is 7.83. The Kier molecular flexibility index (Phi) is 5.87. The summed E-state index contributed by atoms with van der Waals surface area (Å²) in [6, 6.07) is 0. The first-order chi connectivity index (χ1) is 10.4. The number of aliphatic imine (C=N–C) groups is 2. The van der Waals surface area contributed by atoms with Crippen LogP contribution in [0.15, 0.2) is 9.98 Å². The highest BCUT2D eigenvalue weighted by molar-refractivity contribution is 5.78. The van der Waals surface area contributed by atoms with Crippen LogP contribution in [0.3, 0.4) is 0 Å². The molecule has 0 radical (unpaired) electrons. The lowest BCUT2D eigenvalue weighted by Gasteiger charge is -2.07. The quantitative estimate of drug-likeness (QED) is 0.588. The Balaban J connectivity index is 1.44. The van der Waals surface area contributed by atoms with Crippen LogP contribution in [0.1, 0.15) is 79.1 Å². The van der Waals surface area contributed by atoms with Gasteiger partial charge in [-0.1, -0.05) is 25.7 Å². The van der Waals surface area contributed by atoms with Crippen LogP contribution in [0.5, 0.6) is 0 Å². The minimum atomic E-state index is -0.00503. The highest BCUT2D eigenvalue weighted by Gasteiger charge is 2.26. The molecule has 2 rings (SSSR count). The fourth-order valence-electron chi connectivity index (χ4n) is 2.84. The van der Waals surface area contributed by atoms with Gasteiger partial charge in [-0.05, 0) is 40.5 Å². The molecule has 0 N–H and O–H groups in total. The lowest BCUT2D eigenvalue weighted by atomic mass is 10.1. The van der Waals surface area contributed by atoms with E-state index in [4.69, 9.17) is 9.47 Å². The summed E-state index contributed by atoms with van der Waals surface area (Å²) in [7, 11) is 0. The van der Waals surface area contributed by atoms with Gasteiger partial charge in [-0.3, -0.25) is 0 Å². The summed E-state index contributed by atoms with van der Waals surface area (Å²) in [4.78, 5) is 9.18. The van der Waals surface area contributed by atoms with Gasteiger partial charge in [0.25, 0.3) is 0 Å². The van der Waals surface area contributed by atoms with Crippen LogP contribution in [0.2, 0.25) is 0 Å². The Morgan fingerprint density at radius 2 is 1.05 bits per heavy atom. The molecule has 0 aliphatic carbocycles. The number of rotatable bonds is 9. The van der Waals surface area contributed by atoms with Gasteiger partial charge in [0.2, 0.25) is 0 Å². The molecule has 0 spiro atoms. The maximum Gasteiger partial charge on any atom is 0.183 e. The average molecular weight is 308 g/mol. The zero-order valence-electron chi connectivity index (χ0n) is 14.8. The van der Waals surface area contributed by atoms with Crippen LogP contribution in [-0.4, -0.2) is 36.1 Å². The van der Waals surface area contributed by atoms with Crippen LogP contribution in [-0.2, 0) is 9.47 Å². The van der Waals surface area contributed by atoms with Gasteiger partial charge in [-0.25, -0.2) is 9.98 Å². The van der Waals surface area contributed by atoms with Crippen LogP contribution < -0.4 is 0 Å². The highest BCUT2D eigenvalue weighted by atomic mass is 16.5. The van der Waals surface area contributed by atoms with Crippen molar-refractivity contribution >= 4 is 11.8 Å². The molecule has 2 aliphatic rings. The Hall–Kier alpha value is -1.06. The lowest BCUT2D eigenvalue weighted by Crippen LogP contribution is -2.17. The molecule has 126 valence electrons. The number of hydrogen-bond donors (Lipinski definition) is 0. The molecular formula is C18H32N2O2. The Morgan fingerprint density at radius 3 is 1.36 bits per heavy atom. The van der Waals surface area contributed by atoms with Gasteiger partial charge < -0.3 is 9.47 Å². The van der Waals surface area contributed by atoms with Crippen molar-refractivity contribution in [2.75, 3.05) is 13.2 Å². The molecular weight excluding hydrogens is 276 g/mol. The van der Waals surface area contributed by atoms with Crippen LogP contribution >= 0.6 is 0 Å². The van der Waals surface area contributed by atoms with Crippen molar-refractivity contribution in [2.45, 2.75) is 90.1 Å². The molecule has 0 atom stereocenters. The van der Waals surface area contributed by atoms with Gasteiger partial charge >= 0.3 is 0 Å². The summed E-state index contributed by atoms with van der Waals surface area (Å²) >= 11 is 0. The predicted octanol–water partition coefficient (Wildman–Crippen LogP) is 4.52. The van der Waals surface area contributed by atoms with Gasteiger partial charge in [0.15, 0.2) is 11.8 Å². The molecule has 0 bridgehead atoms. The van der Waals surface area contributed by atoms with Crippen molar-refractivity contribution in [2.24, 2.45) is 9.98 Å². The summed E-state index contributed by atoms with van der Waals surface area (Å²) in [5.74, 6) is 1.92. The fourth-order valence-corrected chi connectivity index (χ4v) is 2.84. The zero-order chi connectivity index (χ0) is 16.1. The standard InChI is InChI=1S/C18H32N2O2/c1-17(2)13-21-15(19-17)11-9-7-5-6-8-10-12-16-20-18(3,4)14-22-16/h5-14H2,1-4H3. The first kappa shape index (κ1) is 17.3. The van der Waals surface area contributed by atoms with Gasteiger partial charge in [-0.2, -0.15) is 0 Å². The second kappa shape index (κ2) is 7.47. The summed E-state index contributed by atoms with van der Waals surface area (Å²) in [5, 5.41) is 0. The van der Waals surface area contributed by atoms with E-state index >= 15 is 0 Å². The van der Waals surface area contributed by atoms with E-state index in [0.717, 1.165) is 37.9 Å². The number of unbranched alkanes of at least 4 members (excludes halogenated alkanes) is 5. The van der Waals surface area contributed by atoms with E-state index in [-0.39, 0.29) is 11.1 Å². The van der Waals surface area contributed by atoms with Crippen molar-refractivity contribution in [3.63, 3.8) is 0 Å². The third-order valence-electron chi connectivity index (χ3n) is 4.07. The van der Waals surface area contributed by atoms with E-state index in [1.807, 2.05) is 0 Å². The van der Waals surface area contributed by atoms with Crippen LogP contribution in [0, 0.1) is 0 Å². The Bertz CT molecular complexity index is 385. The summed E-state index contributed by atoms with van der Waals surface area (Å²) < 4.78 is 11.2. The normalized spacial score (nSPS) is 22.0. The van der Waals surface area contributed by atoms with Gasteiger partial charge in [0.05, 0.1) is 11.1 Å². The van der Waals surface area contributed by atoms with Crippen molar-refractivity contribution in [1.82, 2.24) is 0 Å². The summed E-state index contributed by atoms with van der Waals surface area (Å²) in [5.41, 5.74) is -0.0101. The maximum atomic E-state index is 5.61. The fraction of sp³-hybridized carbons (Fsp3) is 0.889. The van der Waals surface area contributed by atoms with Crippen molar-refractivity contribution in [3.05, 3.63) is 0 Å². The zero-order valence-corrected chi connectivity index (χ0v) is 14.8. The first-order valence-electron chi connectivity index (χ1n) is 8.79. The second-order valence-electron chi connectivity index (χ2n) is 7.83. The largest absolute Gasteiger partial charge is 0.478 e. The molecule has 4 heteroatoms. The van der Waals surface area contributed by atoms with E-state index < -0.39 is 0 Å². The molecule has 4 nitrogen and oxygen atoms in total. The average Bonchev–Trinajstić information content (AvgIpc) is 2.95. The third kappa shape index (κ3) is 5.98. The molecule has 2 heterocycles. The Labute approximate surface area is 135 Å². The van der Waals surface area contributed by atoms with Crippen LogP contribution in [0.25, 0.3) is 0 Å². The maximum absolute atomic E-state index is 5.61. The summed E-state index contributed by atoms with van der Waals surface area (Å²) in [6.07, 6.45) is 9.54. The van der Waals surface area contributed by atoms with Crippen LogP contribution in [0.4, 0.5) is 0 Å². The van der Waals surface area contributed by atoms with E-state index in [9.17, 15) is 0 Å². The van der Waals surface area contributed by atoms with E-state index in [1.165, 1.54) is 38.5 Å². The number of hydrogen-bond acceptors (Lipinski definition) is 4. The molecule has 0 aromatic carbocycles. The molecule has 0 aromatic rings.